The van der Waals surface area contributed by atoms with Gasteiger partial charge in [0.1, 0.15) is 11.9 Å². The van der Waals surface area contributed by atoms with E-state index < -0.39 is 0 Å². The summed E-state index contributed by atoms with van der Waals surface area (Å²) in [6.07, 6.45) is 2.88. The maximum Gasteiger partial charge on any atom is 0.127 e. The summed E-state index contributed by atoms with van der Waals surface area (Å²) >= 11 is 0. The third kappa shape index (κ3) is 1.66. The Morgan fingerprint density at radius 1 is 1.36 bits per heavy atom. The van der Waals surface area contributed by atoms with Gasteiger partial charge in [-0.25, -0.2) is 0 Å². The molecule has 0 saturated heterocycles. The van der Waals surface area contributed by atoms with E-state index in [1.54, 1.807) is 0 Å². The molecule has 0 saturated carbocycles. The number of benzene rings is 1. The van der Waals surface area contributed by atoms with Gasteiger partial charge in [0, 0.05) is 12.2 Å². The number of ether oxygens (including phenoxy) is 1. The molecule has 0 aliphatic carbocycles. The van der Waals surface area contributed by atoms with Gasteiger partial charge >= 0.3 is 0 Å². The molecule has 2 rings (SSSR count). The highest BCUT2D eigenvalue weighted by molar-refractivity contribution is 5.62. The first-order valence-electron chi connectivity index (χ1n) is 4.88. The lowest BCUT2D eigenvalue weighted by molar-refractivity contribution is 0.233. The minimum atomic E-state index is 0.0806. The van der Waals surface area contributed by atoms with Crippen molar-refractivity contribution in [1.29, 1.82) is 0 Å². The molecule has 1 aromatic carbocycles. The van der Waals surface area contributed by atoms with Crippen LogP contribution >= 0.6 is 0 Å². The molecule has 0 spiro atoms. The van der Waals surface area contributed by atoms with Crippen LogP contribution in [0.25, 0.3) is 6.08 Å². The number of aliphatic hydroxyl groups excluding tert-OH is 1. The van der Waals surface area contributed by atoms with Crippen molar-refractivity contribution in [3.05, 3.63) is 35.4 Å². The van der Waals surface area contributed by atoms with E-state index in [2.05, 4.69) is 6.08 Å². The molecule has 1 aromatic rings. The molecule has 0 bridgehead atoms. The van der Waals surface area contributed by atoms with Crippen LogP contribution in [0.4, 0.5) is 0 Å². The molecule has 14 heavy (non-hydrogen) atoms. The summed E-state index contributed by atoms with van der Waals surface area (Å²) in [5, 5.41) is 8.89. The predicted octanol–water partition coefficient (Wildman–Crippen LogP) is 2.23. The van der Waals surface area contributed by atoms with Gasteiger partial charge in [0.2, 0.25) is 0 Å². The Balaban J connectivity index is 2.34. The Labute approximate surface area is 83.8 Å². The smallest absolute Gasteiger partial charge is 0.127 e. The van der Waals surface area contributed by atoms with E-state index in [9.17, 15) is 0 Å². The quantitative estimate of drug-likeness (QED) is 0.775. The minimum Gasteiger partial charge on any atom is -0.486 e. The van der Waals surface area contributed by atoms with Gasteiger partial charge in [-0.05, 0) is 31.1 Å². The van der Waals surface area contributed by atoms with E-state index in [0.717, 1.165) is 16.9 Å². The molecule has 1 unspecified atom stereocenters. The fourth-order valence-corrected chi connectivity index (χ4v) is 1.69. The zero-order chi connectivity index (χ0) is 9.97. The standard InChI is InChI=1S/C12H14O2/c1-9-10(6-7-13)8-11-4-2-3-5-12(11)14-9/h2-5,8-9,13H,6-7H2,1H3. The molecular formula is C12H14O2. The van der Waals surface area contributed by atoms with Crippen molar-refractivity contribution in [2.75, 3.05) is 6.61 Å². The van der Waals surface area contributed by atoms with Crippen molar-refractivity contribution in [1.82, 2.24) is 0 Å². The maximum absolute atomic E-state index is 8.89. The monoisotopic (exact) mass is 190 g/mol. The van der Waals surface area contributed by atoms with Crippen LogP contribution in [0.5, 0.6) is 5.75 Å². The molecule has 1 N–H and O–H groups in total. The van der Waals surface area contributed by atoms with Gasteiger partial charge in [-0.2, -0.15) is 0 Å². The van der Waals surface area contributed by atoms with Gasteiger partial charge in [0.05, 0.1) is 0 Å². The summed E-state index contributed by atoms with van der Waals surface area (Å²) in [5.74, 6) is 0.932. The average molecular weight is 190 g/mol. The minimum absolute atomic E-state index is 0.0806. The molecule has 0 aromatic heterocycles. The summed E-state index contributed by atoms with van der Waals surface area (Å²) in [5.41, 5.74) is 2.26. The van der Waals surface area contributed by atoms with Crippen molar-refractivity contribution in [2.24, 2.45) is 0 Å². The molecule has 1 atom stereocenters. The highest BCUT2D eigenvalue weighted by Crippen LogP contribution is 2.30. The number of para-hydroxylation sites is 1. The van der Waals surface area contributed by atoms with Crippen LogP contribution in [0.3, 0.4) is 0 Å². The molecule has 1 heterocycles. The first kappa shape index (κ1) is 9.28. The fraction of sp³-hybridized carbons (Fsp3) is 0.333. The molecule has 0 amide bonds. The topological polar surface area (TPSA) is 29.5 Å². The zero-order valence-corrected chi connectivity index (χ0v) is 8.23. The van der Waals surface area contributed by atoms with Crippen molar-refractivity contribution in [3.8, 4) is 5.75 Å². The van der Waals surface area contributed by atoms with E-state index in [1.807, 2.05) is 31.2 Å². The first-order valence-corrected chi connectivity index (χ1v) is 4.88. The Bertz CT molecular complexity index is 355. The van der Waals surface area contributed by atoms with Crippen LogP contribution in [0, 0.1) is 0 Å². The van der Waals surface area contributed by atoms with Crippen molar-refractivity contribution in [3.63, 3.8) is 0 Å². The maximum atomic E-state index is 8.89. The van der Waals surface area contributed by atoms with Gasteiger partial charge in [-0.1, -0.05) is 18.2 Å². The van der Waals surface area contributed by atoms with E-state index in [0.29, 0.717) is 6.42 Å². The Morgan fingerprint density at radius 2 is 2.14 bits per heavy atom. The van der Waals surface area contributed by atoms with E-state index in [4.69, 9.17) is 9.84 Å². The van der Waals surface area contributed by atoms with Crippen molar-refractivity contribution >= 4 is 6.08 Å². The summed E-state index contributed by atoms with van der Waals surface area (Å²) in [6.45, 7) is 2.19. The first-order chi connectivity index (χ1) is 6.81. The second-order valence-electron chi connectivity index (χ2n) is 3.49. The lowest BCUT2D eigenvalue weighted by Gasteiger charge is -2.24. The number of aliphatic hydroxyl groups is 1. The molecule has 74 valence electrons. The van der Waals surface area contributed by atoms with Crippen molar-refractivity contribution < 1.29 is 9.84 Å². The summed E-state index contributed by atoms with van der Waals surface area (Å²) < 4.78 is 5.72. The Morgan fingerprint density at radius 3 is 2.93 bits per heavy atom. The van der Waals surface area contributed by atoms with Crippen molar-refractivity contribution in [2.45, 2.75) is 19.4 Å². The Kier molecular flexibility index (Phi) is 2.55. The molecule has 2 heteroatoms. The van der Waals surface area contributed by atoms with Gasteiger partial charge < -0.3 is 9.84 Å². The highest BCUT2D eigenvalue weighted by atomic mass is 16.5. The summed E-state index contributed by atoms with van der Waals surface area (Å²) in [4.78, 5) is 0. The van der Waals surface area contributed by atoms with Gasteiger partial charge in [-0.3, -0.25) is 0 Å². The van der Waals surface area contributed by atoms with Crippen LogP contribution in [0.2, 0.25) is 0 Å². The van der Waals surface area contributed by atoms with Crippen LogP contribution in [-0.4, -0.2) is 17.8 Å². The van der Waals surface area contributed by atoms with Gasteiger partial charge in [-0.15, -0.1) is 0 Å². The average Bonchev–Trinajstić information content (AvgIpc) is 2.19. The fourth-order valence-electron chi connectivity index (χ4n) is 1.69. The second-order valence-corrected chi connectivity index (χ2v) is 3.49. The van der Waals surface area contributed by atoms with E-state index in [-0.39, 0.29) is 12.7 Å². The molecule has 2 nitrogen and oxygen atoms in total. The number of rotatable bonds is 2. The van der Waals surface area contributed by atoms with Crippen LogP contribution in [0.15, 0.2) is 29.8 Å². The largest absolute Gasteiger partial charge is 0.486 e. The lowest BCUT2D eigenvalue weighted by atomic mass is 10.0. The van der Waals surface area contributed by atoms with Crippen LogP contribution in [0.1, 0.15) is 18.9 Å². The van der Waals surface area contributed by atoms with Gasteiger partial charge in [0.15, 0.2) is 0 Å². The van der Waals surface area contributed by atoms with Crippen LogP contribution in [-0.2, 0) is 0 Å². The van der Waals surface area contributed by atoms with Crippen LogP contribution < -0.4 is 4.74 Å². The number of hydrogen-bond acceptors (Lipinski definition) is 2. The molecule has 0 fully saturated rings. The zero-order valence-electron chi connectivity index (χ0n) is 8.23. The highest BCUT2D eigenvalue weighted by Gasteiger charge is 2.17. The van der Waals surface area contributed by atoms with E-state index >= 15 is 0 Å². The third-order valence-electron chi connectivity index (χ3n) is 2.49. The number of fused-ring (bicyclic) bond motifs is 1. The summed E-state index contributed by atoms with van der Waals surface area (Å²) in [6, 6.07) is 7.96. The summed E-state index contributed by atoms with van der Waals surface area (Å²) in [7, 11) is 0. The SMILES string of the molecule is CC1Oc2ccccc2C=C1CCO. The van der Waals surface area contributed by atoms with E-state index in [1.165, 1.54) is 0 Å². The molecule has 0 radical (unpaired) electrons. The molecule has 1 aliphatic heterocycles. The van der Waals surface area contributed by atoms with Gasteiger partial charge in [0.25, 0.3) is 0 Å². The normalized spacial score (nSPS) is 19.6. The Hall–Kier alpha value is -1.28. The number of hydrogen-bond donors (Lipinski definition) is 1. The third-order valence-corrected chi connectivity index (χ3v) is 2.49. The lowest BCUT2D eigenvalue weighted by Crippen LogP contribution is -2.19. The predicted molar refractivity (Wildman–Crippen MR) is 56.2 cm³/mol. The molecular weight excluding hydrogens is 176 g/mol. The molecule has 1 aliphatic rings. The second kappa shape index (κ2) is 3.84.